The van der Waals surface area contributed by atoms with Gasteiger partial charge in [0.15, 0.2) is 6.61 Å². The average molecular weight is 333 g/mol. The van der Waals surface area contributed by atoms with Crippen LogP contribution in [0.15, 0.2) is 28.8 Å². The van der Waals surface area contributed by atoms with E-state index in [0.717, 1.165) is 24.7 Å². The summed E-state index contributed by atoms with van der Waals surface area (Å²) in [5, 5.41) is 3.98. The summed E-state index contributed by atoms with van der Waals surface area (Å²) in [6, 6.07) is 7.72. The van der Waals surface area contributed by atoms with Gasteiger partial charge in [0.25, 0.3) is 0 Å². The number of hydrogen-bond donors (Lipinski definition) is 0. The third-order valence-corrected chi connectivity index (χ3v) is 4.01. The van der Waals surface area contributed by atoms with Gasteiger partial charge in [0.2, 0.25) is 11.7 Å². The molecule has 0 aliphatic carbocycles. The normalized spacial score (nSPS) is 21.6. The minimum Gasteiger partial charge on any atom is -0.497 e. The third-order valence-electron chi connectivity index (χ3n) is 4.01. The zero-order valence-electron chi connectivity index (χ0n) is 14.3. The van der Waals surface area contributed by atoms with Crippen molar-refractivity contribution in [3.05, 3.63) is 36.0 Å². The molecule has 2 heterocycles. The smallest absolute Gasteiger partial charge is 0.240 e. The number of aromatic nitrogens is 2. The first-order chi connectivity index (χ1) is 11.6. The molecule has 130 valence electrons. The molecule has 7 heteroatoms. The summed E-state index contributed by atoms with van der Waals surface area (Å²) in [6.07, 6.45) is 0.224. The zero-order chi connectivity index (χ0) is 16.9. The second-order valence-electron chi connectivity index (χ2n) is 5.99. The van der Waals surface area contributed by atoms with Crippen molar-refractivity contribution in [3.8, 4) is 11.5 Å². The standard InChI is InChI=1S/C17H23N3O4/c1-12-10-22-13(2)8-20(12)9-17-18-16(19-24-17)11-23-15-6-4-14(21-3)5-7-15/h4-7,12-13H,8-11H2,1-3H3/t12-,13+/m1/s1. The van der Waals surface area contributed by atoms with E-state index in [1.54, 1.807) is 7.11 Å². The zero-order valence-corrected chi connectivity index (χ0v) is 14.3. The van der Waals surface area contributed by atoms with E-state index in [0.29, 0.717) is 24.3 Å². The average Bonchev–Trinajstić information content (AvgIpc) is 3.04. The van der Waals surface area contributed by atoms with Gasteiger partial charge in [-0.05, 0) is 38.1 Å². The van der Waals surface area contributed by atoms with E-state index in [1.807, 2.05) is 24.3 Å². The Hall–Kier alpha value is -2.12. The molecule has 0 saturated carbocycles. The summed E-state index contributed by atoms with van der Waals surface area (Å²) >= 11 is 0. The molecule has 0 radical (unpaired) electrons. The number of nitrogens with zero attached hydrogens (tertiary/aromatic N) is 3. The Balaban J connectivity index is 1.53. The molecule has 0 unspecified atom stereocenters. The molecule has 24 heavy (non-hydrogen) atoms. The molecule has 0 N–H and O–H groups in total. The van der Waals surface area contributed by atoms with E-state index in [2.05, 4.69) is 28.9 Å². The Morgan fingerprint density at radius 1 is 1.21 bits per heavy atom. The number of morpholine rings is 1. The molecule has 1 aliphatic heterocycles. The van der Waals surface area contributed by atoms with Crippen LogP contribution in [0.25, 0.3) is 0 Å². The van der Waals surface area contributed by atoms with Gasteiger partial charge in [-0.15, -0.1) is 0 Å². The van der Waals surface area contributed by atoms with Gasteiger partial charge < -0.3 is 18.7 Å². The van der Waals surface area contributed by atoms with Crippen molar-refractivity contribution < 1.29 is 18.7 Å². The molecule has 0 amide bonds. The van der Waals surface area contributed by atoms with Crippen LogP contribution >= 0.6 is 0 Å². The molecule has 1 saturated heterocycles. The molecule has 1 aromatic carbocycles. The lowest BCUT2D eigenvalue weighted by Crippen LogP contribution is -2.46. The van der Waals surface area contributed by atoms with Crippen molar-refractivity contribution in [3.63, 3.8) is 0 Å². The van der Waals surface area contributed by atoms with Gasteiger partial charge in [-0.25, -0.2) is 0 Å². The molecule has 3 rings (SSSR count). The van der Waals surface area contributed by atoms with Crippen molar-refractivity contribution in [2.75, 3.05) is 20.3 Å². The van der Waals surface area contributed by atoms with Gasteiger partial charge in [-0.2, -0.15) is 4.98 Å². The lowest BCUT2D eigenvalue weighted by atomic mass is 10.2. The summed E-state index contributed by atoms with van der Waals surface area (Å²) in [4.78, 5) is 6.69. The maximum Gasteiger partial charge on any atom is 0.240 e. The van der Waals surface area contributed by atoms with Gasteiger partial charge in [0.1, 0.15) is 11.5 Å². The van der Waals surface area contributed by atoms with E-state index in [1.165, 1.54) is 0 Å². The van der Waals surface area contributed by atoms with Crippen LogP contribution in [-0.2, 0) is 17.9 Å². The van der Waals surface area contributed by atoms with Gasteiger partial charge >= 0.3 is 0 Å². The second-order valence-corrected chi connectivity index (χ2v) is 5.99. The fraction of sp³-hybridized carbons (Fsp3) is 0.529. The first kappa shape index (κ1) is 16.7. The van der Waals surface area contributed by atoms with Crippen LogP contribution in [0.1, 0.15) is 25.6 Å². The van der Waals surface area contributed by atoms with Crippen LogP contribution in [0, 0.1) is 0 Å². The molecule has 1 fully saturated rings. The number of rotatable bonds is 6. The Morgan fingerprint density at radius 3 is 2.71 bits per heavy atom. The molecule has 0 bridgehead atoms. The number of benzene rings is 1. The molecular formula is C17H23N3O4. The summed E-state index contributed by atoms with van der Waals surface area (Å²) < 4.78 is 21.7. The number of methoxy groups -OCH3 is 1. The molecule has 2 aromatic rings. The van der Waals surface area contributed by atoms with Crippen molar-refractivity contribution in [1.82, 2.24) is 15.0 Å². The van der Waals surface area contributed by atoms with Crippen molar-refractivity contribution >= 4 is 0 Å². The maximum atomic E-state index is 5.66. The Morgan fingerprint density at radius 2 is 1.96 bits per heavy atom. The van der Waals surface area contributed by atoms with E-state index >= 15 is 0 Å². The molecule has 2 atom stereocenters. The number of ether oxygens (including phenoxy) is 3. The van der Waals surface area contributed by atoms with Crippen LogP contribution in [-0.4, -0.2) is 47.4 Å². The Kier molecular flexibility index (Phi) is 5.32. The molecule has 7 nitrogen and oxygen atoms in total. The first-order valence-electron chi connectivity index (χ1n) is 8.08. The number of hydrogen-bond acceptors (Lipinski definition) is 7. The van der Waals surface area contributed by atoms with Crippen molar-refractivity contribution in [2.45, 2.75) is 39.1 Å². The van der Waals surface area contributed by atoms with Crippen LogP contribution in [0.5, 0.6) is 11.5 Å². The third kappa shape index (κ3) is 4.24. The second kappa shape index (κ2) is 7.63. The van der Waals surface area contributed by atoms with Gasteiger partial charge in [-0.3, -0.25) is 4.90 Å². The topological polar surface area (TPSA) is 69.9 Å². The van der Waals surface area contributed by atoms with Gasteiger partial charge in [-0.1, -0.05) is 5.16 Å². The lowest BCUT2D eigenvalue weighted by Gasteiger charge is -2.35. The quantitative estimate of drug-likeness (QED) is 0.803. The van der Waals surface area contributed by atoms with E-state index in [-0.39, 0.29) is 12.7 Å². The predicted octanol–water partition coefficient (Wildman–Crippen LogP) is 2.27. The minimum absolute atomic E-state index is 0.224. The van der Waals surface area contributed by atoms with Crippen LogP contribution in [0.3, 0.4) is 0 Å². The fourth-order valence-corrected chi connectivity index (χ4v) is 2.60. The maximum absolute atomic E-state index is 5.66. The highest BCUT2D eigenvalue weighted by Gasteiger charge is 2.25. The van der Waals surface area contributed by atoms with Gasteiger partial charge in [0, 0.05) is 12.6 Å². The fourth-order valence-electron chi connectivity index (χ4n) is 2.60. The van der Waals surface area contributed by atoms with Crippen molar-refractivity contribution in [1.29, 1.82) is 0 Å². The van der Waals surface area contributed by atoms with Gasteiger partial charge in [0.05, 0.1) is 26.4 Å². The lowest BCUT2D eigenvalue weighted by molar-refractivity contribution is -0.0555. The first-order valence-corrected chi connectivity index (χ1v) is 8.08. The van der Waals surface area contributed by atoms with E-state index in [4.69, 9.17) is 18.7 Å². The van der Waals surface area contributed by atoms with Crippen LogP contribution in [0.2, 0.25) is 0 Å². The summed E-state index contributed by atoms with van der Waals surface area (Å²) in [6.45, 7) is 6.69. The summed E-state index contributed by atoms with van der Waals surface area (Å²) in [5.41, 5.74) is 0. The van der Waals surface area contributed by atoms with Crippen molar-refractivity contribution in [2.24, 2.45) is 0 Å². The minimum atomic E-state index is 0.224. The predicted molar refractivity (Wildman–Crippen MR) is 86.9 cm³/mol. The molecule has 1 aromatic heterocycles. The summed E-state index contributed by atoms with van der Waals surface area (Å²) in [5.74, 6) is 2.66. The Bertz CT molecular complexity index is 644. The summed E-state index contributed by atoms with van der Waals surface area (Å²) in [7, 11) is 1.63. The Labute approximate surface area is 141 Å². The SMILES string of the molecule is COc1ccc(OCc2noc(CN3C[C@H](C)OC[C@H]3C)n2)cc1. The van der Waals surface area contributed by atoms with E-state index in [9.17, 15) is 0 Å². The monoisotopic (exact) mass is 333 g/mol. The largest absolute Gasteiger partial charge is 0.497 e. The van der Waals surface area contributed by atoms with Crippen LogP contribution < -0.4 is 9.47 Å². The highest BCUT2D eigenvalue weighted by Crippen LogP contribution is 2.18. The van der Waals surface area contributed by atoms with E-state index < -0.39 is 0 Å². The van der Waals surface area contributed by atoms with Crippen LogP contribution in [0.4, 0.5) is 0 Å². The molecular weight excluding hydrogens is 310 g/mol. The highest BCUT2D eigenvalue weighted by atomic mass is 16.5. The molecule has 0 spiro atoms. The molecule has 1 aliphatic rings. The highest BCUT2D eigenvalue weighted by molar-refractivity contribution is 5.31.